The van der Waals surface area contributed by atoms with Crippen LogP contribution in [0.1, 0.15) is 32.6 Å². The number of carboxylic acid groups (broad SMARTS) is 1. The summed E-state index contributed by atoms with van der Waals surface area (Å²) in [5, 5.41) is 8.47. The van der Waals surface area contributed by atoms with Crippen LogP contribution in [0.3, 0.4) is 0 Å². The smallest absolute Gasteiger partial charge is 0.321 e. The van der Waals surface area contributed by atoms with Crippen LogP contribution in [-0.2, 0) is 9.59 Å². The van der Waals surface area contributed by atoms with Gasteiger partial charge in [-0.15, -0.1) is 11.8 Å². The average Bonchev–Trinajstić information content (AvgIpc) is 2.63. The van der Waals surface area contributed by atoms with E-state index in [-0.39, 0.29) is 16.9 Å². The minimum absolute atomic E-state index is 0.111. The second-order valence-corrected chi connectivity index (χ2v) is 6.03. The molecule has 0 aromatic rings. The zero-order valence-corrected chi connectivity index (χ0v) is 11.6. The van der Waals surface area contributed by atoms with Crippen LogP contribution in [0.25, 0.3) is 0 Å². The molecule has 0 aliphatic carbocycles. The summed E-state index contributed by atoms with van der Waals surface area (Å²) in [6.45, 7) is 3.48. The molecular weight excluding hydrogens is 252 g/mol. The van der Waals surface area contributed by atoms with E-state index in [1.54, 1.807) is 0 Å². The van der Waals surface area contributed by atoms with Gasteiger partial charge in [-0.1, -0.05) is 12.8 Å². The van der Waals surface area contributed by atoms with Crippen LogP contribution in [-0.4, -0.2) is 52.0 Å². The van der Waals surface area contributed by atoms with Gasteiger partial charge in [0.15, 0.2) is 0 Å². The van der Waals surface area contributed by atoms with Gasteiger partial charge in [0.25, 0.3) is 0 Å². The van der Waals surface area contributed by atoms with Crippen molar-refractivity contribution in [1.29, 1.82) is 0 Å². The van der Waals surface area contributed by atoms with Crippen LogP contribution in [0.2, 0.25) is 0 Å². The molecule has 1 unspecified atom stereocenters. The molecule has 5 nitrogen and oxygen atoms in total. The maximum absolute atomic E-state index is 12.2. The highest BCUT2D eigenvalue weighted by molar-refractivity contribution is 8.00. The summed E-state index contributed by atoms with van der Waals surface area (Å²) >= 11 is 1.32. The van der Waals surface area contributed by atoms with Crippen molar-refractivity contribution in [3.05, 3.63) is 0 Å². The molecule has 3 N–H and O–H groups in total. The van der Waals surface area contributed by atoms with Crippen LogP contribution in [0, 0.1) is 0 Å². The van der Waals surface area contributed by atoms with Gasteiger partial charge in [-0.3, -0.25) is 9.59 Å². The number of carboxylic acids is 1. The molecule has 104 valence electrons. The summed E-state index contributed by atoms with van der Waals surface area (Å²) in [5.41, 5.74) is 5.42. The number of hydrogen-bond acceptors (Lipinski definition) is 4. The number of amides is 1. The van der Waals surface area contributed by atoms with E-state index in [1.807, 2.05) is 11.8 Å². The average molecular weight is 274 g/mol. The summed E-state index contributed by atoms with van der Waals surface area (Å²) in [5.74, 6) is -0.632. The predicted molar refractivity (Wildman–Crippen MR) is 72.6 cm³/mol. The zero-order chi connectivity index (χ0) is 13.5. The number of likely N-dealkylation sites (tertiary alicyclic amines) is 1. The van der Waals surface area contributed by atoms with Gasteiger partial charge in [-0.05, 0) is 19.8 Å². The highest BCUT2D eigenvalue weighted by Crippen LogP contribution is 2.17. The van der Waals surface area contributed by atoms with Crippen molar-refractivity contribution >= 4 is 23.6 Å². The lowest BCUT2D eigenvalue weighted by molar-refractivity contribution is -0.138. The Morgan fingerprint density at radius 3 is 2.33 bits per heavy atom. The summed E-state index contributed by atoms with van der Waals surface area (Å²) in [6.07, 6.45) is 4.51. The highest BCUT2D eigenvalue weighted by Gasteiger charge is 2.23. The molecule has 0 saturated carbocycles. The van der Waals surface area contributed by atoms with Gasteiger partial charge in [0, 0.05) is 18.8 Å². The first-order valence-electron chi connectivity index (χ1n) is 6.41. The third-order valence-electron chi connectivity index (χ3n) is 3.11. The van der Waals surface area contributed by atoms with E-state index in [0.717, 1.165) is 25.9 Å². The summed E-state index contributed by atoms with van der Waals surface area (Å²) < 4.78 is 0. The first kappa shape index (κ1) is 15.3. The Hall–Kier alpha value is -0.750. The fourth-order valence-corrected chi connectivity index (χ4v) is 2.87. The molecule has 1 heterocycles. The Morgan fingerprint density at radius 1 is 1.28 bits per heavy atom. The topological polar surface area (TPSA) is 83.6 Å². The Labute approximate surface area is 112 Å². The van der Waals surface area contributed by atoms with E-state index in [9.17, 15) is 9.59 Å². The van der Waals surface area contributed by atoms with Crippen molar-refractivity contribution in [3.63, 3.8) is 0 Å². The monoisotopic (exact) mass is 274 g/mol. The predicted octanol–water partition coefficient (Wildman–Crippen LogP) is 0.923. The first-order valence-corrected chi connectivity index (χ1v) is 7.46. The molecule has 1 aliphatic rings. The summed E-state index contributed by atoms with van der Waals surface area (Å²) in [7, 11) is 0. The molecule has 6 heteroatoms. The second kappa shape index (κ2) is 7.63. The van der Waals surface area contributed by atoms with Gasteiger partial charge in [0.1, 0.15) is 6.04 Å². The van der Waals surface area contributed by atoms with E-state index in [4.69, 9.17) is 10.8 Å². The molecule has 1 amide bonds. The number of thioether (sulfide) groups is 1. The third-order valence-corrected chi connectivity index (χ3v) is 4.36. The van der Waals surface area contributed by atoms with Crippen molar-refractivity contribution < 1.29 is 14.7 Å². The lowest BCUT2D eigenvalue weighted by atomic mass is 10.2. The summed E-state index contributed by atoms with van der Waals surface area (Å²) in [6, 6.07) is -0.894. The molecule has 1 fully saturated rings. The number of aliphatic carboxylic acids is 1. The molecular formula is C12H22N2O3S. The SMILES string of the molecule is CC(SC[C@H](N)C(=O)O)C(=O)N1CCCCCC1. The van der Waals surface area contributed by atoms with Crippen molar-refractivity contribution in [1.82, 2.24) is 4.90 Å². The number of hydrogen-bond donors (Lipinski definition) is 2. The molecule has 1 saturated heterocycles. The lowest BCUT2D eigenvalue weighted by Crippen LogP contribution is -2.39. The Morgan fingerprint density at radius 2 is 1.83 bits per heavy atom. The molecule has 1 aliphatic heterocycles. The number of nitrogens with two attached hydrogens (primary N) is 1. The normalized spacial score (nSPS) is 20.0. The molecule has 18 heavy (non-hydrogen) atoms. The number of carbonyl (C=O) groups excluding carboxylic acids is 1. The number of carbonyl (C=O) groups is 2. The van der Waals surface area contributed by atoms with Gasteiger partial charge in [-0.25, -0.2) is 0 Å². The molecule has 0 bridgehead atoms. The van der Waals surface area contributed by atoms with E-state index in [0.29, 0.717) is 0 Å². The van der Waals surface area contributed by atoms with Crippen LogP contribution in [0.5, 0.6) is 0 Å². The van der Waals surface area contributed by atoms with E-state index < -0.39 is 12.0 Å². The van der Waals surface area contributed by atoms with Crippen LogP contribution >= 0.6 is 11.8 Å². The fraction of sp³-hybridized carbons (Fsp3) is 0.833. The first-order chi connectivity index (χ1) is 8.52. The van der Waals surface area contributed by atoms with Gasteiger partial charge in [0.05, 0.1) is 5.25 Å². The van der Waals surface area contributed by atoms with Gasteiger partial charge >= 0.3 is 5.97 Å². The van der Waals surface area contributed by atoms with E-state index >= 15 is 0 Å². The van der Waals surface area contributed by atoms with Crippen LogP contribution in [0.4, 0.5) is 0 Å². The molecule has 0 spiro atoms. The van der Waals surface area contributed by atoms with Crippen molar-refractivity contribution in [3.8, 4) is 0 Å². The van der Waals surface area contributed by atoms with Crippen molar-refractivity contribution in [2.45, 2.75) is 43.9 Å². The maximum Gasteiger partial charge on any atom is 0.321 e. The third kappa shape index (κ3) is 4.86. The molecule has 0 radical (unpaired) electrons. The van der Waals surface area contributed by atoms with Crippen molar-refractivity contribution in [2.24, 2.45) is 5.73 Å². The largest absolute Gasteiger partial charge is 0.480 e. The lowest BCUT2D eigenvalue weighted by Gasteiger charge is -2.24. The van der Waals surface area contributed by atoms with Crippen LogP contribution < -0.4 is 5.73 Å². The molecule has 1 rings (SSSR count). The van der Waals surface area contributed by atoms with Gasteiger partial charge in [0.2, 0.25) is 5.91 Å². The second-order valence-electron chi connectivity index (χ2n) is 4.66. The van der Waals surface area contributed by atoms with Crippen molar-refractivity contribution in [2.75, 3.05) is 18.8 Å². The molecule has 2 atom stereocenters. The molecule has 0 aromatic carbocycles. The van der Waals surface area contributed by atoms with E-state index in [1.165, 1.54) is 24.6 Å². The number of rotatable bonds is 5. The van der Waals surface area contributed by atoms with Gasteiger partial charge < -0.3 is 15.7 Å². The molecule has 0 aromatic heterocycles. The van der Waals surface area contributed by atoms with Crippen LogP contribution in [0.15, 0.2) is 0 Å². The Kier molecular flexibility index (Phi) is 6.49. The Bertz CT molecular complexity index is 291. The summed E-state index contributed by atoms with van der Waals surface area (Å²) in [4.78, 5) is 24.6. The highest BCUT2D eigenvalue weighted by atomic mass is 32.2. The number of nitrogens with zero attached hydrogens (tertiary/aromatic N) is 1. The Balaban J connectivity index is 2.37. The quantitative estimate of drug-likeness (QED) is 0.779. The maximum atomic E-state index is 12.2. The van der Waals surface area contributed by atoms with Gasteiger partial charge in [-0.2, -0.15) is 0 Å². The standard InChI is InChI=1S/C12H22N2O3S/c1-9(18-8-10(13)12(16)17)11(15)14-6-4-2-3-5-7-14/h9-10H,2-8,13H2,1H3,(H,16,17)/t9?,10-/m0/s1. The minimum atomic E-state index is -1.02. The fourth-order valence-electron chi connectivity index (χ4n) is 1.94. The minimum Gasteiger partial charge on any atom is -0.480 e. The zero-order valence-electron chi connectivity index (χ0n) is 10.8. The van der Waals surface area contributed by atoms with E-state index in [2.05, 4.69) is 0 Å².